The molecule has 0 aliphatic heterocycles. The maximum Gasteiger partial charge on any atom is 0.573 e. The van der Waals surface area contributed by atoms with Crippen LogP contribution in [-0.2, 0) is 6.42 Å². The number of Topliss-reactive ketones (excluding diaryl/α,β-unsaturated/α-hetero) is 1. The Morgan fingerprint density at radius 1 is 0.889 bits per heavy atom. The second kappa shape index (κ2) is 7.96. The highest BCUT2D eigenvalue weighted by Gasteiger charge is 2.32. The van der Waals surface area contributed by atoms with E-state index in [0.29, 0.717) is 5.56 Å². The highest BCUT2D eigenvalue weighted by Crippen LogP contribution is 2.31. The Morgan fingerprint density at radius 2 is 1.52 bits per heavy atom. The van der Waals surface area contributed by atoms with Crippen LogP contribution < -0.4 is 4.74 Å². The Morgan fingerprint density at radius 3 is 2.11 bits per heavy atom. The van der Waals surface area contributed by atoms with Gasteiger partial charge in [0.15, 0.2) is 5.78 Å². The number of ether oxygens (including phenoxy) is 1. The van der Waals surface area contributed by atoms with Gasteiger partial charge in [-0.25, -0.2) is 0 Å². The number of carbonyl (C=O) groups excluding carboxylic acids is 1. The molecule has 0 fully saturated rings. The van der Waals surface area contributed by atoms with E-state index in [-0.39, 0.29) is 22.4 Å². The van der Waals surface area contributed by atoms with Crippen molar-refractivity contribution in [3.05, 3.63) is 88.4 Å². The average molecular weight is 435 g/mol. The van der Waals surface area contributed by atoms with E-state index in [4.69, 9.17) is 0 Å². The zero-order valence-electron chi connectivity index (χ0n) is 14.0. The maximum atomic E-state index is 12.4. The van der Waals surface area contributed by atoms with E-state index in [9.17, 15) is 18.0 Å². The largest absolute Gasteiger partial charge is 0.573 e. The molecule has 138 valence electrons. The van der Waals surface area contributed by atoms with Gasteiger partial charge in [-0.05, 0) is 50.8 Å². The molecule has 0 N–H and O–H groups in total. The van der Waals surface area contributed by atoms with Gasteiger partial charge in [0.05, 0.1) is 4.47 Å². The molecular formula is C21H14BrF3O2. The predicted molar refractivity (Wildman–Crippen MR) is 101 cm³/mol. The van der Waals surface area contributed by atoms with Gasteiger partial charge in [-0.15, -0.1) is 13.2 Å². The Balaban J connectivity index is 1.71. The lowest BCUT2D eigenvalue weighted by Gasteiger charge is -2.11. The van der Waals surface area contributed by atoms with Crippen LogP contribution in [0.15, 0.2) is 77.3 Å². The number of halogens is 4. The second-order valence-corrected chi connectivity index (χ2v) is 6.71. The summed E-state index contributed by atoms with van der Waals surface area (Å²) in [5.41, 5.74) is 3.26. The Labute approximate surface area is 162 Å². The van der Waals surface area contributed by atoms with Crippen molar-refractivity contribution in [1.29, 1.82) is 0 Å². The number of carbonyl (C=O) groups is 1. The van der Waals surface area contributed by atoms with Gasteiger partial charge < -0.3 is 4.74 Å². The predicted octanol–water partition coefficient (Wildman–Crippen LogP) is 6.44. The number of hydrogen-bond acceptors (Lipinski definition) is 2. The van der Waals surface area contributed by atoms with Crippen molar-refractivity contribution in [3.8, 4) is 16.9 Å². The Bertz CT molecular complexity index is 936. The summed E-state index contributed by atoms with van der Waals surface area (Å²) in [7, 11) is 0. The third-order valence-electron chi connectivity index (χ3n) is 3.91. The molecular weight excluding hydrogens is 421 g/mol. The molecule has 0 aliphatic rings. The van der Waals surface area contributed by atoms with E-state index in [0.717, 1.165) is 22.8 Å². The molecule has 0 aliphatic carbocycles. The quantitative estimate of drug-likeness (QED) is 0.431. The summed E-state index contributed by atoms with van der Waals surface area (Å²) < 4.78 is 40.9. The van der Waals surface area contributed by atoms with E-state index in [1.165, 1.54) is 12.1 Å². The summed E-state index contributed by atoms with van der Waals surface area (Å²) in [6, 6.07) is 21.3. The van der Waals surface area contributed by atoms with E-state index < -0.39 is 6.36 Å². The first-order valence-corrected chi connectivity index (χ1v) is 8.84. The molecule has 27 heavy (non-hydrogen) atoms. The monoisotopic (exact) mass is 434 g/mol. The van der Waals surface area contributed by atoms with Gasteiger partial charge in [-0.3, -0.25) is 4.79 Å². The van der Waals surface area contributed by atoms with E-state index in [1.807, 2.05) is 54.6 Å². The van der Waals surface area contributed by atoms with Crippen molar-refractivity contribution in [2.75, 3.05) is 0 Å². The van der Waals surface area contributed by atoms with Crippen molar-refractivity contribution in [2.24, 2.45) is 0 Å². The van der Waals surface area contributed by atoms with Crippen molar-refractivity contribution in [1.82, 2.24) is 0 Å². The summed E-state index contributed by atoms with van der Waals surface area (Å²) in [6.07, 6.45) is -4.63. The topological polar surface area (TPSA) is 26.3 Å². The number of hydrogen-bond donors (Lipinski definition) is 0. The first-order valence-electron chi connectivity index (χ1n) is 8.05. The summed E-state index contributed by atoms with van der Waals surface area (Å²) >= 11 is 3.01. The average Bonchev–Trinajstić information content (AvgIpc) is 2.63. The van der Waals surface area contributed by atoms with E-state index >= 15 is 0 Å². The summed E-state index contributed by atoms with van der Waals surface area (Å²) in [6.45, 7) is 0. The number of ketones is 1. The molecule has 0 aromatic heterocycles. The fourth-order valence-corrected chi connectivity index (χ4v) is 3.07. The minimum Gasteiger partial charge on any atom is -0.405 e. The second-order valence-electron chi connectivity index (χ2n) is 5.86. The highest BCUT2D eigenvalue weighted by atomic mass is 79.9. The highest BCUT2D eigenvalue weighted by molar-refractivity contribution is 9.10. The first-order chi connectivity index (χ1) is 12.8. The van der Waals surface area contributed by atoms with E-state index in [2.05, 4.69) is 20.7 Å². The molecule has 2 nitrogen and oxygen atoms in total. The lowest BCUT2D eigenvalue weighted by molar-refractivity contribution is -0.274. The van der Waals surface area contributed by atoms with Crippen molar-refractivity contribution in [2.45, 2.75) is 12.8 Å². The lowest BCUT2D eigenvalue weighted by atomic mass is 9.99. The van der Waals surface area contributed by atoms with Gasteiger partial charge in [0, 0.05) is 12.0 Å². The van der Waals surface area contributed by atoms with Crippen LogP contribution >= 0.6 is 15.9 Å². The standard InChI is InChI=1S/C21H14BrF3O2/c22-18-13-17(10-11-20(18)27-21(23,24)25)19(26)12-14-6-8-16(9-7-14)15-4-2-1-3-5-15/h1-11,13H,12H2. The van der Waals surface area contributed by atoms with Gasteiger partial charge in [-0.1, -0.05) is 54.6 Å². The zero-order valence-corrected chi connectivity index (χ0v) is 15.5. The van der Waals surface area contributed by atoms with Crippen molar-refractivity contribution >= 4 is 21.7 Å². The lowest BCUT2D eigenvalue weighted by Crippen LogP contribution is -2.17. The van der Waals surface area contributed by atoms with Gasteiger partial charge in [0.25, 0.3) is 0 Å². The zero-order chi connectivity index (χ0) is 19.4. The number of rotatable bonds is 5. The fraction of sp³-hybridized carbons (Fsp3) is 0.0952. The first kappa shape index (κ1) is 19.2. The summed E-state index contributed by atoms with van der Waals surface area (Å²) in [5.74, 6) is -0.576. The van der Waals surface area contributed by atoms with Gasteiger partial charge in [0.1, 0.15) is 5.75 Å². The van der Waals surface area contributed by atoms with Crippen LogP contribution in [-0.4, -0.2) is 12.1 Å². The molecule has 0 unspecified atom stereocenters. The minimum absolute atomic E-state index is 0.0742. The van der Waals surface area contributed by atoms with Crippen molar-refractivity contribution < 1.29 is 22.7 Å². The van der Waals surface area contributed by atoms with Crippen LogP contribution in [0.5, 0.6) is 5.75 Å². The van der Waals surface area contributed by atoms with Crippen LogP contribution in [0.1, 0.15) is 15.9 Å². The van der Waals surface area contributed by atoms with Crippen LogP contribution in [0.2, 0.25) is 0 Å². The van der Waals surface area contributed by atoms with Crippen LogP contribution in [0.4, 0.5) is 13.2 Å². The molecule has 0 atom stereocenters. The molecule has 0 saturated carbocycles. The summed E-state index contributed by atoms with van der Waals surface area (Å²) in [5, 5.41) is 0. The Kier molecular flexibility index (Phi) is 5.65. The van der Waals surface area contributed by atoms with Gasteiger partial charge in [-0.2, -0.15) is 0 Å². The third kappa shape index (κ3) is 5.20. The van der Waals surface area contributed by atoms with Gasteiger partial charge >= 0.3 is 6.36 Å². The fourth-order valence-electron chi connectivity index (χ4n) is 2.61. The molecule has 3 aromatic carbocycles. The normalized spacial score (nSPS) is 11.3. The molecule has 0 saturated heterocycles. The minimum atomic E-state index is -4.78. The third-order valence-corrected chi connectivity index (χ3v) is 4.52. The molecule has 0 radical (unpaired) electrons. The van der Waals surface area contributed by atoms with Crippen LogP contribution in [0, 0.1) is 0 Å². The molecule has 0 spiro atoms. The molecule has 0 heterocycles. The SMILES string of the molecule is O=C(Cc1ccc(-c2ccccc2)cc1)c1ccc(OC(F)(F)F)c(Br)c1. The van der Waals surface area contributed by atoms with Crippen LogP contribution in [0.25, 0.3) is 11.1 Å². The van der Waals surface area contributed by atoms with Crippen LogP contribution in [0.3, 0.4) is 0 Å². The molecule has 6 heteroatoms. The number of alkyl halides is 3. The van der Waals surface area contributed by atoms with E-state index in [1.54, 1.807) is 0 Å². The number of benzene rings is 3. The Hall–Kier alpha value is -2.60. The maximum absolute atomic E-state index is 12.4. The van der Waals surface area contributed by atoms with Gasteiger partial charge in [0.2, 0.25) is 0 Å². The summed E-state index contributed by atoms with van der Waals surface area (Å²) in [4.78, 5) is 12.4. The molecule has 3 aromatic rings. The van der Waals surface area contributed by atoms with Crippen molar-refractivity contribution in [3.63, 3.8) is 0 Å². The molecule has 3 rings (SSSR count). The smallest absolute Gasteiger partial charge is 0.405 e. The molecule has 0 bridgehead atoms. The molecule has 0 amide bonds.